The Kier molecular flexibility index (Phi) is 5.44. The van der Waals surface area contributed by atoms with Gasteiger partial charge in [0.2, 0.25) is 0 Å². The van der Waals surface area contributed by atoms with Crippen LogP contribution in [0, 0.1) is 11.8 Å². The van der Waals surface area contributed by atoms with Gasteiger partial charge in [0.25, 0.3) is 0 Å². The first-order valence-corrected chi connectivity index (χ1v) is 9.40. The van der Waals surface area contributed by atoms with Crippen LogP contribution in [0.25, 0.3) is 11.1 Å². The number of benzene rings is 2. The molecule has 0 aliphatic heterocycles. The molecule has 1 amide bonds. The number of amides is 1. The van der Waals surface area contributed by atoms with Crippen molar-refractivity contribution < 1.29 is 19.4 Å². The molecule has 148 valence electrons. The quantitative estimate of drug-likeness (QED) is 0.655. The van der Waals surface area contributed by atoms with Crippen LogP contribution in [-0.4, -0.2) is 35.3 Å². The van der Waals surface area contributed by atoms with E-state index < -0.39 is 12.1 Å². The van der Waals surface area contributed by atoms with Crippen LogP contribution < -0.4 is 5.32 Å². The van der Waals surface area contributed by atoms with E-state index >= 15 is 0 Å². The molecule has 1 aliphatic rings. The van der Waals surface area contributed by atoms with E-state index in [4.69, 9.17) is 9.84 Å². The van der Waals surface area contributed by atoms with E-state index in [1.807, 2.05) is 24.3 Å². The molecular weight excluding hydrogens is 380 g/mol. The van der Waals surface area contributed by atoms with Crippen molar-refractivity contribution in [2.24, 2.45) is 0 Å². The molecule has 0 radical (unpaired) electrons. The summed E-state index contributed by atoms with van der Waals surface area (Å²) in [6, 6.07) is 19.0. The summed E-state index contributed by atoms with van der Waals surface area (Å²) in [5.41, 5.74) is 5.07. The van der Waals surface area contributed by atoms with Crippen LogP contribution in [0.1, 0.15) is 33.1 Å². The zero-order chi connectivity index (χ0) is 20.9. The number of pyridine rings is 1. The van der Waals surface area contributed by atoms with Crippen LogP contribution in [0.5, 0.6) is 0 Å². The maximum absolute atomic E-state index is 12.1. The number of aromatic nitrogens is 1. The minimum Gasteiger partial charge on any atom is -0.478 e. The molecule has 6 nitrogen and oxygen atoms in total. The van der Waals surface area contributed by atoms with Gasteiger partial charge >= 0.3 is 12.1 Å². The Labute approximate surface area is 173 Å². The standard InChI is InChI=1S/C24H18N2O4/c27-23(28)16-11-13-25-17(14-16)6-5-12-26-24(29)30-15-22-20-9-3-1-7-18(20)19-8-2-4-10-21(19)22/h1-4,7-11,13-14,22H,12,15H2,(H,26,29)(H,27,28). The molecule has 3 aromatic rings. The Hall–Kier alpha value is -4.11. The van der Waals surface area contributed by atoms with Gasteiger partial charge in [-0.2, -0.15) is 0 Å². The number of nitrogens with one attached hydrogen (secondary N) is 1. The highest BCUT2D eigenvalue weighted by molar-refractivity contribution is 5.87. The number of ether oxygens (including phenoxy) is 1. The predicted octanol–water partition coefficient (Wildman–Crippen LogP) is 3.67. The molecule has 0 saturated heterocycles. The number of carbonyl (C=O) groups is 2. The van der Waals surface area contributed by atoms with Crippen molar-refractivity contribution in [3.8, 4) is 23.0 Å². The smallest absolute Gasteiger partial charge is 0.407 e. The van der Waals surface area contributed by atoms with Gasteiger partial charge in [-0.3, -0.25) is 0 Å². The number of nitrogens with zero attached hydrogens (tertiary/aromatic N) is 1. The number of rotatable bonds is 4. The second kappa shape index (κ2) is 8.50. The summed E-state index contributed by atoms with van der Waals surface area (Å²) >= 11 is 0. The maximum atomic E-state index is 12.1. The van der Waals surface area contributed by atoms with Crippen LogP contribution in [0.4, 0.5) is 4.79 Å². The Morgan fingerprint density at radius 2 is 1.70 bits per heavy atom. The fraction of sp³-hybridized carbons (Fsp3) is 0.125. The van der Waals surface area contributed by atoms with E-state index in [2.05, 4.69) is 46.4 Å². The molecule has 0 fully saturated rings. The molecule has 6 heteroatoms. The number of fused-ring (bicyclic) bond motifs is 3. The monoisotopic (exact) mass is 398 g/mol. The number of aromatic carboxylic acids is 1. The SMILES string of the molecule is O=C(NCC#Cc1cc(C(=O)O)ccn1)OCC1c2ccccc2-c2ccccc21. The Morgan fingerprint density at radius 3 is 2.37 bits per heavy atom. The zero-order valence-corrected chi connectivity index (χ0v) is 16.0. The van der Waals surface area contributed by atoms with Gasteiger partial charge in [-0.05, 0) is 40.3 Å². The summed E-state index contributed by atoms with van der Waals surface area (Å²) < 4.78 is 5.43. The molecule has 4 rings (SSSR count). The van der Waals surface area contributed by atoms with Crippen LogP contribution in [-0.2, 0) is 4.74 Å². The van der Waals surface area contributed by atoms with Crippen molar-refractivity contribution in [3.63, 3.8) is 0 Å². The average Bonchev–Trinajstić information content (AvgIpc) is 3.09. The molecular formula is C24H18N2O4. The van der Waals surface area contributed by atoms with Gasteiger partial charge in [0.15, 0.2) is 0 Å². The normalized spacial score (nSPS) is 11.6. The van der Waals surface area contributed by atoms with Gasteiger partial charge in [-0.25, -0.2) is 14.6 Å². The van der Waals surface area contributed by atoms with E-state index in [1.165, 1.54) is 29.5 Å². The van der Waals surface area contributed by atoms with Crippen LogP contribution >= 0.6 is 0 Å². The molecule has 1 aromatic heterocycles. The fourth-order valence-corrected chi connectivity index (χ4v) is 3.53. The summed E-state index contributed by atoms with van der Waals surface area (Å²) in [6.45, 7) is 0.297. The van der Waals surface area contributed by atoms with Gasteiger partial charge in [0.1, 0.15) is 12.3 Å². The third-order valence-corrected chi connectivity index (χ3v) is 4.89. The van der Waals surface area contributed by atoms with Gasteiger partial charge in [-0.1, -0.05) is 54.5 Å². The van der Waals surface area contributed by atoms with Crippen LogP contribution in [0.3, 0.4) is 0 Å². The molecule has 1 aliphatic carbocycles. The van der Waals surface area contributed by atoms with E-state index in [9.17, 15) is 9.59 Å². The molecule has 0 bridgehead atoms. The Morgan fingerprint density at radius 1 is 1.03 bits per heavy atom. The lowest BCUT2D eigenvalue weighted by Crippen LogP contribution is -2.26. The average molecular weight is 398 g/mol. The number of alkyl carbamates (subject to hydrolysis) is 1. The minimum absolute atomic E-state index is 0.00260. The number of carbonyl (C=O) groups excluding carboxylic acids is 1. The van der Waals surface area contributed by atoms with Crippen molar-refractivity contribution in [1.29, 1.82) is 0 Å². The first-order valence-electron chi connectivity index (χ1n) is 9.40. The maximum Gasteiger partial charge on any atom is 0.407 e. The van der Waals surface area contributed by atoms with Gasteiger partial charge < -0.3 is 15.2 Å². The predicted molar refractivity (Wildman–Crippen MR) is 111 cm³/mol. The van der Waals surface area contributed by atoms with E-state index in [0.29, 0.717) is 5.69 Å². The van der Waals surface area contributed by atoms with Crippen molar-refractivity contribution in [2.45, 2.75) is 5.92 Å². The van der Waals surface area contributed by atoms with E-state index in [1.54, 1.807) is 0 Å². The highest BCUT2D eigenvalue weighted by Crippen LogP contribution is 2.44. The van der Waals surface area contributed by atoms with E-state index in [0.717, 1.165) is 11.1 Å². The second-order valence-electron chi connectivity index (χ2n) is 6.72. The number of carboxylic acids is 1. The van der Waals surface area contributed by atoms with Crippen LogP contribution in [0.15, 0.2) is 66.9 Å². The van der Waals surface area contributed by atoms with Crippen molar-refractivity contribution in [2.75, 3.05) is 13.2 Å². The third kappa shape index (κ3) is 4.01. The molecule has 1 heterocycles. The van der Waals surface area contributed by atoms with Gasteiger partial charge in [0.05, 0.1) is 12.1 Å². The molecule has 0 spiro atoms. The molecule has 30 heavy (non-hydrogen) atoms. The number of carboxylic acid groups (broad SMARTS) is 1. The Bertz CT molecular complexity index is 1130. The summed E-state index contributed by atoms with van der Waals surface area (Å²) in [4.78, 5) is 27.0. The summed E-state index contributed by atoms with van der Waals surface area (Å²) in [5.74, 6) is 4.42. The van der Waals surface area contributed by atoms with Crippen molar-refractivity contribution in [1.82, 2.24) is 10.3 Å². The first kappa shape index (κ1) is 19.2. The minimum atomic E-state index is -1.04. The lowest BCUT2D eigenvalue weighted by Gasteiger charge is -2.14. The van der Waals surface area contributed by atoms with Crippen molar-refractivity contribution in [3.05, 3.63) is 89.2 Å². The van der Waals surface area contributed by atoms with Gasteiger partial charge in [0, 0.05) is 12.1 Å². The Balaban J connectivity index is 1.34. The largest absolute Gasteiger partial charge is 0.478 e. The highest BCUT2D eigenvalue weighted by atomic mass is 16.5. The molecule has 0 saturated carbocycles. The molecule has 0 atom stereocenters. The van der Waals surface area contributed by atoms with Gasteiger partial charge in [-0.15, -0.1) is 0 Å². The number of hydrogen-bond acceptors (Lipinski definition) is 4. The first-order chi connectivity index (χ1) is 14.6. The summed E-state index contributed by atoms with van der Waals surface area (Å²) in [6.07, 6.45) is 0.824. The summed E-state index contributed by atoms with van der Waals surface area (Å²) in [7, 11) is 0. The van der Waals surface area contributed by atoms with Crippen molar-refractivity contribution >= 4 is 12.1 Å². The van der Waals surface area contributed by atoms with Crippen LogP contribution in [0.2, 0.25) is 0 Å². The lowest BCUT2D eigenvalue weighted by molar-refractivity contribution is 0.0696. The zero-order valence-electron chi connectivity index (χ0n) is 16.0. The summed E-state index contributed by atoms with van der Waals surface area (Å²) in [5, 5.41) is 11.6. The third-order valence-electron chi connectivity index (χ3n) is 4.89. The van der Waals surface area contributed by atoms with E-state index in [-0.39, 0.29) is 24.6 Å². The lowest BCUT2D eigenvalue weighted by atomic mass is 9.98. The number of hydrogen-bond donors (Lipinski definition) is 2. The fourth-order valence-electron chi connectivity index (χ4n) is 3.53. The highest BCUT2D eigenvalue weighted by Gasteiger charge is 2.28. The topological polar surface area (TPSA) is 88.5 Å². The molecule has 0 unspecified atom stereocenters. The molecule has 2 N–H and O–H groups in total. The molecule has 2 aromatic carbocycles. The second-order valence-corrected chi connectivity index (χ2v) is 6.72.